The number of hydrogen-bond donors (Lipinski definition) is 0. The molecule has 5 heteroatoms. The van der Waals surface area contributed by atoms with Gasteiger partial charge in [0.15, 0.2) is 17.9 Å². The molecule has 0 spiro atoms. The van der Waals surface area contributed by atoms with E-state index in [2.05, 4.69) is 0 Å². The molecular weight excluding hydrogens is 262 g/mol. The molecule has 0 fully saturated rings. The molecule has 0 saturated carbocycles. The van der Waals surface area contributed by atoms with Crippen molar-refractivity contribution in [2.24, 2.45) is 0 Å². The zero-order valence-electron chi connectivity index (χ0n) is 8.99. The summed E-state index contributed by atoms with van der Waals surface area (Å²) in [4.78, 5) is 10.8. The Hall–Kier alpha value is -1.94. The third kappa shape index (κ3) is 2.65. The van der Waals surface area contributed by atoms with Crippen molar-refractivity contribution in [2.45, 2.75) is 0 Å². The molecule has 2 aromatic rings. The first-order chi connectivity index (χ1) is 8.60. The number of rotatable bonds is 3. The van der Waals surface area contributed by atoms with Crippen LogP contribution in [-0.4, -0.2) is 6.29 Å². The molecular formula is C13H7ClF2O2. The zero-order valence-corrected chi connectivity index (χ0v) is 9.75. The highest BCUT2D eigenvalue weighted by atomic mass is 35.5. The quantitative estimate of drug-likeness (QED) is 0.779. The Bertz CT molecular complexity index is 600. The van der Waals surface area contributed by atoms with Crippen LogP contribution in [0.5, 0.6) is 11.5 Å². The Morgan fingerprint density at radius 1 is 1.06 bits per heavy atom. The maximum atomic E-state index is 13.0. The minimum absolute atomic E-state index is 0.0827. The van der Waals surface area contributed by atoms with Gasteiger partial charge in [-0.05, 0) is 24.3 Å². The van der Waals surface area contributed by atoms with Gasteiger partial charge in [0.05, 0.1) is 5.56 Å². The molecule has 18 heavy (non-hydrogen) atoms. The molecule has 0 radical (unpaired) electrons. The van der Waals surface area contributed by atoms with Gasteiger partial charge in [0.2, 0.25) is 0 Å². The van der Waals surface area contributed by atoms with Crippen molar-refractivity contribution in [1.82, 2.24) is 0 Å². The Kier molecular flexibility index (Phi) is 3.58. The van der Waals surface area contributed by atoms with Crippen LogP contribution in [0.2, 0.25) is 5.02 Å². The normalized spacial score (nSPS) is 10.2. The van der Waals surface area contributed by atoms with E-state index in [-0.39, 0.29) is 17.1 Å². The van der Waals surface area contributed by atoms with E-state index in [1.54, 1.807) is 0 Å². The van der Waals surface area contributed by atoms with Gasteiger partial charge in [-0.15, -0.1) is 0 Å². The molecule has 92 valence electrons. The number of halogens is 3. The van der Waals surface area contributed by atoms with Crippen LogP contribution < -0.4 is 4.74 Å². The number of carbonyl (C=O) groups is 1. The van der Waals surface area contributed by atoms with Gasteiger partial charge in [-0.2, -0.15) is 0 Å². The lowest BCUT2D eigenvalue weighted by molar-refractivity contribution is 0.112. The molecule has 0 bridgehead atoms. The summed E-state index contributed by atoms with van der Waals surface area (Å²) in [6, 6.07) is 7.52. The Balaban J connectivity index is 2.35. The van der Waals surface area contributed by atoms with E-state index in [0.717, 1.165) is 12.1 Å². The van der Waals surface area contributed by atoms with Gasteiger partial charge < -0.3 is 4.74 Å². The van der Waals surface area contributed by atoms with Gasteiger partial charge in [-0.25, -0.2) is 8.78 Å². The van der Waals surface area contributed by atoms with Crippen LogP contribution in [0.1, 0.15) is 10.4 Å². The Morgan fingerprint density at radius 2 is 1.83 bits per heavy atom. The number of benzene rings is 2. The van der Waals surface area contributed by atoms with Gasteiger partial charge in [0, 0.05) is 17.2 Å². The van der Waals surface area contributed by atoms with Crippen LogP contribution in [0, 0.1) is 11.6 Å². The molecule has 0 unspecified atom stereocenters. The highest BCUT2D eigenvalue weighted by Gasteiger charge is 2.08. The van der Waals surface area contributed by atoms with Crippen LogP contribution >= 0.6 is 11.6 Å². The second-order valence-corrected chi connectivity index (χ2v) is 3.91. The third-order valence-corrected chi connectivity index (χ3v) is 2.46. The molecule has 0 aromatic heterocycles. The lowest BCUT2D eigenvalue weighted by Crippen LogP contribution is -1.92. The van der Waals surface area contributed by atoms with Crippen molar-refractivity contribution in [3.63, 3.8) is 0 Å². The van der Waals surface area contributed by atoms with E-state index in [4.69, 9.17) is 16.3 Å². The lowest BCUT2D eigenvalue weighted by Gasteiger charge is -2.08. The minimum Gasteiger partial charge on any atom is -0.456 e. The van der Waals surface area contributed by atoms with Crippen molar-refractivity contribution in [1.29, 1.82) is 0 Å². The highest BCUT2D eigenvalue weighted by Crippen LogP contribution is 2.28. The van der Waals surface area contributed by atoms with Gasteiger partial charge in [-0.1, -0.05) is 11.6 Å². The van der Waals surface area contributed by atoms with Crippen molar-refractivity contribution in [3.8, 4) is 11.5 Å². The van der Waals surface area contributed by atoms with Crippen molar-refractivity contribution < 1.29 is 18.3 Å². The molecule has 0 aliphatic carbocycles. The summed E-state index contributed by atoms with van der Waals surface area (Å²) >= 11 is 5.77. The van der Waals surface area contributed by atoms with E-state index in [0.29, 0.717) is 11.3 Å². The third-order valence-electron chi connectivity index (χ3n) is 2.22. The Morgan fingerprint density at radius 3 is 2.50 bits per heavy atom. The summed E-state index contributed by atoms with van der Waals surface area (Å²) < 4.78 is 31.0. The van der Waals surface area contributed by atoms with Gasteiger partial charge in [0.1, 0.15) is 11.5 Å². The molecule has 0 atom stereocenters. The van der Waals surface area contributed by atoms with Gasteiger partial charge >= 0.3 is 0 Å². The topological polar surface area (TPSA) is 26.3 Å². The second-order valence-electron chi connectivity index (χ2n) is 3.48. The fourth-order valence-corrected chi connectivity index (χ4v) is 1.52. The first-order valence-corrected chi connectivity index (χ1v) is 5.35. The fourth-order valence-electron chi connectivity index (χ4n) is 1.36. The summed E-state index contributed by atoms with van der Waals surface area (Å²) in [6.07, 6.45) is 0.589. The first kappa shape index (κ1) is 12.5. The number of aldehydes is 1. The molecule has 2 rings (SSSR count). The van der Waals surface area contributed by atoms with E-state index >= 15 is 0 Å². The minimum atomic E-state index is -1.03. The molecule has 2 nitrogen and oxygen atoms in total. The zero-order chi connectivity index (χ0) is 13.1. The maximum Gasteiger partial charge on any atom is 0.162 e. The van der Waals surface area contributed by atoms with E-state index in [1.807, 2.05) is 0 Å². The van der Waals surface area contributed by atoms with Crippen LogP contribution in [0.25, 0.3) is 0 Å². The van der Waals surface area contributed by atoms with Crippen LogP contribution in [0.3, 0.4) is 0 Å². The van der Waals surface area contributed by atoms with Crippen molar-refractivity contribution in [2.75, 3.05) is 0 Å². The summed E-state index contributed by atoms with van der Waals surface area (Å²) in [5, 5.41) is 0.373. The molecule has 0 heterocycles. The molecule has 0 N–H and O–H groups in total. The largest absolute Gasteiger partial charge is 0.456 e. The van der Waals surface area contributed by atoms with Crippen molar-refractivity contribution in [3.05, 3.63) is 58.6 Å². The van der Waals surface area contributed by atoms with E-state index < -0.39 is 11.6 Å². The van der Waals surface area contributed by atoms with Crippen LogP contribution in [0.15, 0.2) is 36.4 Å². The summed E-state index contributed by atoms with van der Waals surface area (Å²) in [7, 11) is 0. The van der Waals surface area contributed by atoms with E-state index in [1.165, 1.54) is 24.3 Å². The highest BCUT2D eigenvalue weighted by molar-refractivity contribution is 6.30. The fraction of sp³-hybridized carbons (Fsp3) is 0. The number of carbonyl (C=O) groups excluding carboxylic acids is 1. The van der Waals surface area contributed by atoms with Crippen molar-refractivity contribution >= 4 is 17.9 Å². The standard InChI is InChI=1S/C13H7ClF2O2/c14-9-2-1-8(7-17)13(5-9)18-10-3-4-11(15)12(16)6-10/h1-7H. The molecule has 0 amide bonds. The summed E-state index contributed by atoms with van der Waals surface area (Å²) in [5.41, 5.74) is 0.268. The average molecular weight is 269 g/mol. The monoisotopic (exact) mass is 268 g/mol. The number of hydrogen-bond acceptors (Lipinski definition) is 2. The maximum absolute atomic E-state index is 13.0. The summed E-state index contributed by atoms with van der Waals surface area (Å²) in [6.45, 7) is 0. The predicted octanol–water partition coefficient (Wildman–Crippen LogP) is 4.22. The molecule has 2 aromatic carbocycles. The average Bonchev–Trinajstić information content (AvgIpc) is 2.34. The predicted molar refractivity (Wildman–Crippen MR) is 63.3 cm³/mol. The van der Waals surface area contributed by atoms with E-state index in [9.17, 15) is 13.6 Å². The van der Waals surface area contributed by atoms with Gasteiger partial charge in [0.25, 0.3) is 0 Å². The second kappa shape index (κ2) is 5.14. The van der Waals surface area contributed by atoms with Crippen LogP contribution in [-0.2, 0) is 0 Å². The SMILES string of the molecule is O=Cc1ccc(Cl)cc1Oc1ccc(F)c(F)c1. The lowest BCUT2D eigenvalue weighted by atomic mass is 10.2. The Labute approximate surface area is 107 Å². The molecule has 0 aliphatic heterocycles. The molecule has 0 aliphatic rings. The number of ether oxygens (including phenoxy) is 1. The smallest absolute Gasteiger partial charge is 0.162 e. The summed E-state index contributed by atoms with van der Waals surface area (Å²) in [5.74, 6) is -1.73. The van der Waals surface area contributed by atoms with Crippen LogP contribution in [0.4, 0.5) is 8.78 Å². The first-order valence-electron chi connectivity index (χ1n) is 4.98. The molecule has 0 saturated heterocycles. The van der Waals surface area contributed by atoms with Gasteiger partial charge in [-0.3, -0.25) is 4.79 Å².